The summed E-state index contributed by atoms with van der Waals surface area (Å²) < 4.78 is 7.09. The van der Waals surface area contributed by atoms with Crippen molar-refractivity contribution in [1.29, 1.82) is 0 Å². The van der Waals surface area contributed by atoms with Crippen LogP contribution in [0.4, 0.5) is 5.95 Å². The molecule has 0 aromatic carbocycles. The van der Waals surface area contributed by atoms with Crippen molar-refractivity contribution in [2.45, 2.75) is 31.9 Å². The Morgan fingerprint density at radius 2 is 2.18 bits per heavy atom. The molecule has 2 amide bonds. The van der Waals surface area contributed by atoms with Crippen LogP contribution in [0, 0.1) is 11.8 Å². The van der Waals surface area contributed by atoms with Crippen molar-refractivity contribution in [3.05, 3.63) is 6.33 Å². The number of hydrogen-bond acceptors (Lipinski definition) is 5. The lowest BCUT2D eigenvalue weighted by atomic mass is 9.97. The normalized spacial score (nSPS) is 24.3. The van der Waals surface area contributed by atoms with Crippen molar-refractivity contribution in [3.63, 3.8) is 0 Å². The van der Waals surface area contributed by atoms with Crippen molar-refractivity contribution in [1.82, 2.24) is 19.7 Å². The zero-order valence-corrected chi connectivity index (χ0v) is 12.9. The molecule has 1 aliphatic heterocycles. The third kappa shape index (κ3) is 3.27. The molecular formula is C14H21N5O3. The molecule has 0 spiro atoms. The van der Waals surface area contributed by atoms with Crippen LogP contribution in [0.25, 0.3) is 0 Å². The quantitative estimate of drug-likeness (QED) is 0.834. The number of ether oxygens (including phenoxy) is 1. The van der Waals surface area contributed by atoms with E-state index in [2.05, 4.69) is 15.4 Å². The fraction of sp³-hybridized carbons (Fsp3) is 0.714. The number of hydrogen-bond donors (Lipinski definition) is 1. The topological polar surface area (TPSA) is 89.4 Å². The first-order valence-corrected chi connectivity index (χ1v) is 7.56. The van der Waals surface area contributed by atoms with Gasteiger partial charge in [0, 0.05) is 20.7 Å². The van der Waals surface area contributed by atoms with Crippen molar-refractivity contribution < 1.29 is 14.3 Å². The van der Waals surface area contributed by atoms with Crippen molar-refractivity contribution in [2.24, 2.45) is 11.8 Å². The summed E-state index contributed by atoms with van der Waals surface area (Å²) in [6.07, 6.45) is 4.52. The lowest BCUT2D eigenvalue weighted by Crippen LogP contribution is -2.31. The predicted octanol–water partition coefficient (Wildman–Crippen LogP) is 0.120. The first-order chi connectivity index (χ1) is 10.5. The molecule has 22 heavy (non-hydrogen) atoms. The summed E-state index contributed by atoms with van der Waals surface area (Å²) in [7, 11) is 3.36. The minimum atomic E-state index is -0.122. The molecule has 8 nitrogen and oxygen atoms in total. The van der Waals surface area contributed by atoms with E-state index < -0.39 is 0 Å². The van der Waals surface area contributed by atoms with Crippen LogP contribution in [0.1, 0.15) is 19.3 Å². The fourth-order valence-electron chi connectivity index (χ4n) is 2.69. The summed E-state index contributed by atoms with van der Waals surface area (Å²) in [5.74, 6) is 0.467. The number of aromatic nitrogens is 3. The van der Waals surface area contributed by atoms with E-state index in [0.717, 1.165) is 19.3 Å². The van der Waals surface area contributed by atoms with E-state index in [-0.39, 0.29) is 36.3 Å². The highest BCUT2D eigenvalue weighted by atomic mass is 16.5. The Labute approximate surface area is 128 Å². The number of nitrogens with one attached hydrogen (secondary N) is 1. The highest BCUT2D eigenvalue weighted by Crippen LogP contribution is 2.41. The summed E-state index contributed by atoms with van der Waals surface area (Å²) in [4.78, 5) is 29.5. The summed E-state index contributed by atoms with van der Waals surface area (Å²) in [6.45, 7) is 0.742. The molecule has 1 N–H and O–H groups in total. The molecule has 1 saturated carbocycles. The van der Waals surface area contributed by atoms with Crippen LogP contribution in [0.3, 0.4) is 0 Å². The van der Waals surface area contributed by atoms with Gasteiger partial charge in [-0.25, -0.2) is 9.67 Å². The highest BCUT2D eigenvalue weighted by Gasteiger charge is 2.43. The van der Waals surface area contributed by atoms with Crippen molar-refractivity contribution in [2.75, 3.05) is 26.0 Å². The van der Waals surface area contributed by atoms with Gasteiger partial charge in [0.2, 0.25) is 17.8 Å². The van der Waals surface area contributed by atoms with Crippen LogP contribution in [0.5, 0.6) is 0 Å². The molecule has 2 fully saturated rings. The third-order valence-electron chi connectivity index (χ3n) is 4.13. The number of carbonyl (C=O) groups excluding carboxylic acids is 2. The smallest absolute Gasteiger partial charge is 0.248 e. The molecule has 1 aliphatic carbocycles. The van der Waals surface area contributed by atoms with E-state index in [0.29, 0.717) is 12.5 Å². The molecule has 8 heteroatoms. The van der Waals surface area contributed by atoms with Crippen molar-refractivity contribution >= 4 is 17.8 Å². The Bertz CT molecular complexity index is 567. The molecule has 2 aliphatic rings. The number of carbonyl (C=O) groups is 2. The Morgan fingerprint density at radius 1 is 1.41 bits per heavy atom. The molecule has 120 valence electrons. The standard InChI is InChI=1S/C14H21N5O3/c1-18(2)11(20)7-19-8-15-14(17-19)16-13(21)10-5-6-22-12(10)9-3-4-9/h8-10,12H,3-7H2,1-2H3,(H,16,17,21)/t10-,12+/m1/s1. The van der Waals surface area contributed by atoms with Crippen LogP contribution < -0.4 is 5.32 Å². The Kier molecular flexibility index (Phi) is 4.10. The minimum Gasteiger partial charge on any atom is -0.377 e. The van der Waals surface area contributed by atoms with E-state index in [1.54, 1.807) is 14.1 Å². The second kappa shape index (κ2) is 6.04. The van der Waals surface area contributed by atoms with Gasteiger partial charge in [0.15, 0.2) is 0 Å². The molecule has 1 aromatic heterocycles. The molecule has 3 rings (SSSR count). The molecule has 2 atom stereocenters. The monoisotopic (exact) mass is 307 g/mol. The van der Waals surface area contributed by atoms with E-state index in [1.165, 1.54) is 15.9 Å². The maximum Gasteiger partial charge on any atom is 0.248 e. The van der Waals surface area contributed by atoms with Gasteiger partial charge in [0.25, 0.3) is 0 Å². The molecule has 2 heterocycles. The van der Waals surface area contributed by atoms with Gasteiger partial charge in [-0.2, -0.15) is 0 Å². The maximum atomic E-state index is 12.3. The van der Waals surface area contributed by atoms with E-state index >= 15 is 0 Å². The third-order valence-corrected chi connectivity index (χ3v) is 4.13. The zero-order valence-electron chi connectivity index (χ0n) is 12.9. The van der Waals surface area contributed by atoms with Crippen LogP contribution in [-0.2, 0) is 20.9 Å². The lowest BCUT2D eigenvalue weighted by molar-refractivity contribution is -0.129. The minimum absolute atomic E-state index is 0.0393. The summed E-state index contributed by atoms with van der Waals surface area (Å²) >= 11 is 0. The number of anilines is 1. The molecule has 0 unspecified atom stereocenters. The van der Waals surface area contributed by atoms with Gasteiger partial charge in [-0.1, -0.05) is 0 Å². The SMILES string of the molecule is CN(C)C(=O)Cn1cnc(NC(=O)[C@@H]2CCO[C@H]2C2CC2)n1. The second-order valence-corrected chi connectivity index (χ2v) is 6.11. The van der Waals surface area contributed by atoms with Crippen LogP contribution in [-0.4, -0.2) is 58.3 Å². The average molecular weight is 307 g/mol. The van der Waals surface area contributed by atoms with Crippen molar-refractivity contribution in [3.8, 4) is 0 Å². The lowest BCUT2D eigenvalue weighted by Gasteiger charge is -2.16. The molecule has 0 bridgehead atoms. The number of amides is 2. The first-order valence-electron chi connectivity index (χ1n) is 7.56. The number of nitrogens with zero attached hydrogens (tertiary/aromatic N) is 4. The zero-order chi connectivity index (χ0) is 15.7. The fourth-order valence-corrected chi connectivity index (χ4v) is 2.69. The maximum absolute atomic E-state index is 12.3. The van der Waals surface area contributed by atoms with Gasteiger partial charge in [-0.3, -0.25) is 14.9 Å². The van der Waals surface area contributed by atoms with E-state index in [4.69, 9.17) is 4.74 Å². The van der Waals surface area contributed by atoms with Gasteiger partial charge >= 0.3 is 0 Å². The van der Waals surface area contributed by atoms with Gasteiger partial charge in [0.05, 0.1) is 12.0 Å². The van der Waals surface area contributed by atoms with E-state index in [1.807, 2.05) is 0 Å². The number of likely N-dealkylation sites (N-methyl/N-ethyl adjacent to an activating group) is 1. The Morgan fingerprint density at radius 3 is 2.86 bits per heavy atom. The van der Waals surface area contributed by atoms with E-state index in [9.17, 15) is 9.59 Å². The molecule has 0 radical (unpaired) electrons. The second-order valence-electron chi connectivity index (χ2n) is 6.11. The summed E-state index contributed by atoms with van der Waals surface area (Å²) in [5.41, 5.74) is 0. The summed E-state index contributed by atoms with van der Waals surface area (Å²) in [5, 5.41) is 6.85. The van der Waals surface area contributed by atoms with Crippen LogP contribution in [0.2, 0.25) is 0 Å². The van der Waals surface area contributed by atoms with Crippen LogP contribution in [0.15, 0.2) is 6.33 Å². The van der Waals surface area contributed by atoms with Crippen LogP contribution >= 0.6 is 0 Å². The van der Waals surface area contributed by atoms with Gasteiger partial charge in [0.1, 0.15) is 12.9 Å². The highest BCUT2D eigenvalue weighted by molar-refractivity contribution is 5.91. The Balaban J connectivity index is 1.57. The van der Waals surface area contributed by atoms with Gasteiger partial charge in [-0.05, 0) is 25.2 Å². The molecule has 1 saturated heterocycles. The largest absolute Gasteiger partial charge is 0.377 e. The average Bonchev–Trinajstić information content (AvgIpc) is 3.03. The number of rotatable bonds is 5. The molecular weight excluding hydrogens is 286 g/mol. The van der Waals surface area contributed by atoms with Gasteiger partial charge < -0.3 is 9.64 Å². The Hall–Kier alpha value is -1.96. The summed E-state index contributed by atoms with van der Waals surface area (Å²) in [6, 6.07) is 0. The van der Waals surface area contributed by atoms with Gasteiger partial charge in [-0.15, -0.1) is 5.10 Å². The predicted molar refractivity (Wildman–Crippen MR) is 77.9 cm³/mol. The first kappa shape index (κ1) is 15.0. The molecule has 1 aromatic rings.